The minimum absolute atomic E-state index is 0.0193. The number of aliphatic imine (C=N–C) groups is 1. The zero-order valence-electron chi connectivity index (χ0n) is 10.1. The molecule has 1 aliphatic rings. The van der Waals surface area contributed by atoms with E-state index in [0.29, 0.717) is 12.2 Å². The van der Waals surface area contributed by atoms with Crippen LogP contribution in [-0.4, -0.2) is 19.1 Å². The van der Waals surface area contributed by atoms with Gasteiger partial charge in [0, 0.05) is 12.6 Å². The van der Waals surface area contributed by atoms with Gasteiger partial charge in [0.05, 0.1) is 18.7 Å². The summed E-state index contributed by atoms with van der Waals surface area (Å²) >= 11 is 0. The van der Waals surface area contributed by atoms with Gasteiger partial charge in [-0.25, -0.2) is 0 Å². The van der Waals surface area contributed by atoms with Gasteiger partial charge in [0.1, 0.15) is 11.5 Å². The molecule has 1 fully saturated rings. The van der Waals surface area contributed by atoms with Crippen molar-refractivity contribution in [3.63, 3.8) is 0 Å². The van der Waals surface area contributed by atoms with Crippen LogP contribution in [0, 0.1) is 5.92 Å². The van der Waals surface area contributed by atoms with Gasteiger partial charge in [-0.2, -0.15) is 0 Å². The molecule has 1 saturated carbocycles. The summed E-state index contributed by atoms with van der Waals surface area (Å²) in [5.41, 5.74) is 0.865. The highest BCUT2D eigenvalue weighted by molar-refractivity contribution is 5.95. The molecule has 0 bridgehead atoms. The van der Waals surface area contributed by atoms with Crippen LogP contribution >= 0.6 is 0 Å². The molecule has 1 aromatic rings. The summed E-state index contributed by atoms with van der Waals surface area (Å²) in [7, 11) is 1.64. The molecule has 0 spiro atoms. The minimum atomic E-state index is 0.0193. The Kier molecular flexibility index (Phi) is 3.91. The van der Waals surface area contributed by atoms with Crippen molar-refractivity contribution in [2.75, 3.05) is 7.11 Å². The fraction of sp³-hybridized carbons (Fsp3) is 0.429. The van der Waals surface area contributed by atoms with E-state index in [1.165, 1.54) is 0 Å². The second-order valence-electron chi connectivity index (χ2n) is 4.29. The second-order valence-corrected chi connectivity index (χ2v) is 4.29. The summed E-state index contributed by atoms with van der Waals surface area (Å²) in [5, 5.41) is 0. The quantitative estimate of drug-likeness (QED) is 0.749. The monoisotopic (exact) mass is 231 g/mol. The number of rotatable bonds is 3. The molecule has 0 aliphatic heterocycles. The number of nitrogens with zero attached hydrogens (tertiary/aromatic N) is 1. The highest BCUT2D eigenvalue weighted by Crippen LogP contribution is 2.21. The summed E-state index contributed by atoms with van der Waals surface area (Å²) < 4.78 is 5.07. The standard InChI is InChI=1S/C14H17NO2/c1-17-13-8-6-12(7-9-13)15-10-11-4-2-3-5-14(11)16/h6-11H,2-5H2,1H3. The van der Waals surface area contributed by atoms with E-state index in [1.54, 1.807) is 13.3 Å². The van der Waals surface area contributed by atoms with Crippen LogP contribution in [0.25, 0.3) is 0 Å². The second kappa shape index (κ2) is 5.62. The Morgan fingerprint density at radius 1 is 1.29 bits per heavy atom. The third-order valence-corrected chi connectivity index (χ3v) is 3.08. The summed E-state index contributed by atoms with van der Waals surface area (Å²) in [6, 6.07) is 7.52. The highest BCUT2D eigenvalue weighted by Gasteiger charge is 2.19. The van der Waals surface area contributed by atoms with Crippen LogP contribution in [-0.2, 0) is 4.79 Å². The number of ketones is 1. The van der Waals surface area contributed by atoms with Gasteiger partial charge in [-0.15, -0.1) is 0 Å². The Labute approximate surface area is 102 Å². The van der Waals surface area contributed by atoms with Gasteiger partial charge >= 0.3 is 0 Å². The largest absolute Gasteiger partial charge is 0.497 e. The van der Waals surface area contributed by atoms with Crippen LogP contribution in [0.3, 0.4) is 0 Å². The topological polar surface area (TPSA) is 38.7 Å². The molecule has 0 amide bonds. The van der Waals surface area contributed by atoms with Crippen molar-refractivity contribution in [1.82, 2.24) is 0 Å². The molecule has 0 N–H and O–H groups in total. The lowest BCUT2D eigenvalue weighted by molar-refractivity contribution is -0.122. The van der Waals surface area contributed by atoms with Crippen LogP contribution < -0.4 is 4.74 Å². The van der Waals surface area contributed by atoms with E-state index in [4.69, 9.17) is 4.74 Å². The molecule has 90 valence electrons. The molecular formula is C14H17NO2. The maximum absolute atomic E-state index is 11.6. The van der Waals surface area contributed by atoms with Gasteiger partial charge in [0.15, 0.2) is 0 Å². The summed E-state index contributed by atoms with van der Waals surface area (Å²) in [4.78, 5) is 16.0. The average molecular weight is 231 g/mol. The fourth-order valence-electron chi connectivity index (χ4n) is 2.01. The van der Waals surface area contributed by atoms with Crippen molar-refractivity contribution in [2.24, 2.45) is 10.9 Å². The summed E-state index contributed by atoms with van der Waals surface area (Å²) in [6.07, 6.45) is 5.61. The van der Waals surface area contributed by atoms with E-state index >= 15 is 0 Å². The fourth-order valence-corrected chi connectivity index (χ4v) is 2.01. The van der Waals surface area contributed by atoms with E-state index in [0.717, 1.165) is 30.7 Å². The first-order valence-corrected chi connectivity index (χ1v) is 6.00. The Morgan fingerprint density at radius 2 is 2.06 bits per heavy atom. The van der Waals surface area contributed by atoms with Crippen molar-refractivity contribution in [1.29, 1.82) is 0 Å². The molecule has 1 aromatic carbocycles. The zero-order chi connectivity index (χ0) is 12.1. The predicted octanol–water partition coefficient (Wildman–Crippen LogP) is 3.16. The average Bonchev–Trinajstić information content (AvgIpc) is 2.38. The van der Waals surface area contributed by atoms with Gasteiger partial charge in [-0.3, -0.25) is 9.79 Å². The lowest BCUT2D eigenvalue weighted by Crippen LogP contribution is -2.19. The van der Waals surface area contributed by atoms with Gasteiger partial charge in [-0.1, -0.05) is 6.42 Å². The smallest absolute Gasteiger partial charge is 0.141 e. The third kappa shape index (κ3) is 3.16. The number of hydrogen-bond donors (Lipinski definition) is 0. The molecule has 2 rings (SSSR count). The molecule has 0 aromatic heterocycles. The molecule has 0 radical (unpaired) electrons. The summed E-state index contributed by atoms with van der Waals surface area (Å²) in [6.45, 7) is 0. The first-order chi connectivity index (χ1) is 8.29. The van der Waals surface area contributed by atoms with Crippen molar-refractivity contribution in [3.05, 3.63) is 24.3 Å². The van der Waals surface area contributed by atoms with E-state index in [2.05, 4.69) is 4.99 Å². The number of carbonyl (C=O) groups is 1. The number of ether oxygens (including phenoxy) is 1. The normalized spacial score (nSPS) is 20.8. The number of benzene rings is 1. The van der Waals surface area contributed by atoms with E-state index in [9.17, 15) is 4.79 Å². The van der Waals surface area contributed by atoms with Crippen LogP contribution in [0.15, 0.2) is 29.3 Å². The molecule has 1 atom stereocenters. The van der Waals surface area contributed by atoms with Crippen molar-refractivity contribution in [2.45, 2.75) is 25.7 Å². The van der Waals surface area contributed by atoms with Crippen LogP contribution in [0.5, 0.6) is 5.75 Å². The van der Waals surface area contributed by atoms with Crippen LogP contribution in [0.4, 0.5) is 5.69 Å². The van der Waals surface area contributed by atoms with Crippen molar-refractivity contribution >= 4 is 17.7 Å². The number of Topliss-reactive ketones (excluding diaryl/α,β-unsaturated/α-hetero) is 1. The molecule has 3 heteroatoms. The lowest BCUT2D eigenvalue weighted by Gasteiger charge is -2.15. The number of hydrogen-bond acceptors (Lipinski definition) is 3. The predicted molar refractivity (Wildman–Crippen MR) is 68.1 cm³/mol. The molecule has 1 aliphatic carbocycles. The van der Waals surface area contributed by atoms with Gasteiger partial charge in [0.25, 0.3) is 0 Å². The Hall–Kier alpha value is -1.64. The highest BCUT2D eigenvalue weighted by atomic mass is 16.5. The molecule has 17 heavy (non-hydrogen) atoms. The van der Waals surface area contributed by atoms with Gasteiger partial charge < -0.3 is 4.74 Å². The molecule has 0 heterocycles. The number of carbonyl (C=O) groups excluding carboxylic acids is 1. The molecule has 3 nitrogen and oxygen atoms in total. The van der Waals surface area contributed by atoms with Crippen molar-refractivity contribution < 1.29 is 9.53 Å². The molecular weight excluding hydrogens is 214 g/mol. The van der Waals surface area contributed by atoms with E-state index in [-0.39, 0.29) is 5.92 Å². The minimum Gasteiger partial charge on any atom is -0.497 e. The SMILES string of the molecule is COc1ccc(N=CC2CCCCC2=O)cc1. The first-order valence-electron chi connectivity index (χ1n) is 6.00. The lowest BCUT2D eigenvalue weighted by atomic mass is 9.89. The zero-order valence-corrected chi connectivity index (χ0v) is 10.1. The Balaban J connectivity index is 2.01. The number of methoxy groups -OCH3 is 1. The van der Waals surface area contributed by atoms with E-state index < -0.39 is 0 Å². The molecule has 0 saturated heterocycles. The van der Waals surface area contributed by atoms with Crippen LogP contribution in [0.1, 0.15) is 25.7 Å². The van der Waals surface area contributed by atoms with Gasteiger partial charge in [-0.05, 0) is 37.1 Å². The van der Waals surface area contributed by atoms with Gasteiger partial charge in [0.2, 0.25) is 0 Å². The third-order valence-electron chi connectivity index (χ3n) is 3.08. The molecule has 1 unspecified atom stereocenters. The summed E-state index contributed by atoms with van der Waals surface area (Å²) in [5.74, 6) is 1.16. The Morgan fingerprint density at radius 3 is 2.71 bits per heavy atom. The van der Waals surface area contributed by atoms with Crippen LogP contribution in [0.2, 0.25) is 0 Å². The Bertz CT molecular complexity index is 409. The van der Waals surface area contributed by atoms with E-state index in [1.807, 2.05) is 24.3 Å². The first kappa shape index (κ1) is 11.8. The van der Waals surface area contributed by atoms with Crippen molar-refractivity contribution in [3.8, 4) is 5.75 Å². The maximum Gasteiger partial charge on any atom is 0.141 e. The maximum atomic E-state index is 11.6.